The maximum absolute atomic E-state index is 11.7. The van der Waals surface area contributed by atoms with Crippen LogP contribution in [0.25, 0.3) is 0 Å². The summed E-state index contributed by atoms with van der Waals surface area (Å²) >= 11 is 0. The lowest BCUT2D eigenvalue weighted by molar-refractivity contribution is -0.151. The van der Waals surface area contributed by atoms with Gasteiger partial charge in [0.1, 0.15) is 5.54 Å². The highest BCUT2D eigenvalue weighted by molar-refractivity contribution is 5.80. The van der Waals surface area contributed by atoms with E-state index in [4.69, 9.17) is 11.2 Å². The first-order valence-electron chi connectivity index (χ1n) is 5.02. The molecule has 0 aliphatic heterocycles. The second kappa shape index (κ2) is 6.44. The molecule has 0 atom stereocenters. The van der Waals surface area contributed by atoms with Crippen molar-refractivity contribution in [1.29, 1.82) is 0 Å². The van der Waals surface area contributed by atoms with Crippen LogP contribution in [0.4, 0.5) is 0 Å². The van der Waals surface area contributed by atoms with Gasteiger partial charge in [-0.1, -0.05) is 19.8 Å². The van der Waals surface area contributed by atoms with Crippen molar-refractivity contribution in [2.75, 3.05) is 13.2 Å². The van der Waals surface area contributed by atoms with Gasteiger partial charge >= 0.3 is 5.97 Å². The predicted octanol–water partition coefficient (Wildman–Crippen LogP) is 1.33. The molecule has 14 heavy (non-hydrogen) atoms. The highest BCUT2D eigenvalue weighted by Crippen LogP contribution is 2.16. The van der Waals surface area contributed by atoms with E-state index in [-0.39, 0.29) is 5.97 Å². The fourth-order valence-electron chi connectivity index (χ4n) is 1.35. The zero-order chi connectivity index (χ0) is 11.0. The van der Waals surface area contributed by atoms with Crippen LogP contribution in [-0.2, 0) is 9.53 Å². The predicted molar refractivity (Wildman–Crippen MR) is 56.8 cm³/mol. The van der Waals surface area contributed by atoms with Gasteiger partial charge in [0.25, 0.3) is 0 Å². The molecule has 0 bridgehead atoms. The molecule has 0 fully saturated rings. The van der Waals surface area contributed by atoms with Gasteiger partial charge in [0.2, 0.25) is 0 Å². The summed E-state index contributed by atoms with van der Waals surface area (Å²) in [4.78, 5) is 11.7. The van der Waals surface area contributed by atoms with Crippen molar-refractivity contribution in [2.24, 2.45) is 0 Å². The number of carbonyl (C=O) groups excluding carboxylic acids is 1. The van der Waals surface area contributed by atoms with Gasteiger partial charge in [-0.25, -0.2) is 0 Å². The van der Waals surface area contributed by atoms with E-state index >= 15 is 0 Å². The summed E-state index contributed by atoms with van der Waals surface area (Å²) in [6, 6.07) is 0. The van der Waals surface area contributed by atoms with Crippen molar-refractivity contribution in [3.05, 3.63) is 0 Å². The first-order chi connectivity index (χ1) is 6.66. The van der Waals surface area contributed by atoms with Crippen molar-refractivity contribution in [3.8, 4) is 12.3 Å². The summed E-state index contributed by atoms with van der Waals surface area (Å²) in [7, 11) is 0. The Morgan fingerprint density at radius 1 is 1.43 bits per heavy atom. The fraction of sp³-hybridized carbons (Fsp3) is 0.727. The molecule has 0 heterocycles. The van der Waals surface area contributed by atoms with E-state index in [0.29, 0.717) is 26.0 Å². The Hall–Kier alpha value is -1.01. The number of nitrogens with one attached hydrogen (secondary N) is 1. The third kappa shape index (κ3) is 3.04. The summed E-state index contributed by atoms with van der Waals surface area (Å²) in [5.74, 6) is 2.26. The lowest BCUT2D eigenvalue weighted by Crippen LogP contribution is -2.52. The minimum Gasteiger partial charge on any atom is -0.465 e. The third-order valence-corrected chi connectivity index (χ3v) is 2.40. The molecule has 0 amide bonds. The molecule has 0 aromatic carbocycles. The highest BCUT2D eigenvalue weighted by Gasteiger charge is 2.35. The summed E-state index contributed by atoms with van der Waals surface area (Å²) in [5.41, 5.74) is -0.609. The van der Waals surface area contributed by atoms with Crippen LogP contribution >= 0.6 is 0 Å². The van der Waals surface area contributed by atoms with Gasteiger partial charge in [-0.05, 0) is 19.8 Å². The van der Waals surface area contributed by atoms with Gasteiger partial charge in [0.15, 0.2) is 0 Å². The number of hydrogen-bond acceptors (Lipinski definition) is 3. The van der Waals surface area contributed by atoms with E-state index in [2.05, 4.69) is 11.2 Å². The van der Waals surface area contributed by atoms with Crippen molar-refractivity contribution < 1.29 is 9.53 Å². The maximum Gasteiger partial charge on any atom is 0.326 e. The van der Waals surface area contributed by atoms with Gasteiger partial charge in [-0.2, -0.15) is 0 Å². The minimum atomic E-state index is -0.609. The van der Waals surface area contributed by atoms with Gasteiger partial charge in [0, 0.05) is 0 Å². The number of rotatable bonds is 6. The zero-order valence-electron chi connectivity index (χ0n) is 9.22. The number of terminal acetylenes is 1. The quantitative estimate of drug-likeness (QED) is 0.515. The molecule has 0 saturated carbocycles. The van der Waals surface area contributed by atoms with E-state index in [1.165, 1.54) is 0 Å². The number of esters is 1. The second-order valence-corrected chi connectivity index (χ2v) is 3.07. The van der Waals surface area contributed by atoms with E-state index in [9.17, 15) is 4.79 Å². The van der Waals surface area contributed by atoms with Crippen molar-refractivity contribution in [1.82, 2.24) is 5.32 Å². The molecule has 0 rings (SSSR count). The van der Waals surface area contributed by atoms with Gasteiger partial charge in [0.05, 0.1) is 13.2 Å². The monoisotopic (exact) mass is 197 g/mol. The van der Waals surface area contributed by atoms with E-state index in [1.807, 2.05) is 13.8 Å². The molecule has 0 aromatic heterocycles. The summed E-state index contributed by atoms with van der Waals surface area (Å²) in [6.07, 6.45) is 6.52. The molecule has 3 heteroatoms. The van der Waals surface area contributed by atoms with Crippen LogP contribution in [0, 0.1) is 12.3 Å². The third-order valence-electron chi connectivity index (χ3n) is 2.40. The Balaban J connectivity index is 4.52. The first-order valence-corrected chi connectivity index (χ1v) is 5.02. The Labute approximate surface area is 86.2 Å². The van der Waals surface area contributed by atoms with E-state index < -0.39 is 5.54 Å². The summed E-state index contributed by atoms with van der Waals surface area (Å²) in [6.45, 7) is 6.49. The van der Waals surface area contributed by atoms with Crippen LogP contribution in [0.1, 0.15) is 33.6 Å². The molecule has 0 aromatic rings. The molecule has 0 spiro atoms. The average Bonchev–Trinajstić information content (AvgIpc) is 2.21. The van der Waals surface area contributed by atoms with Crippen LogP contribution < -0.4 is 5.32 Å². The average molecular weight is 197 g/mol. The van der Waals surface area contributed by atoms with Crippen LogP contribution in [0.2, 0.25) is 0 Å². The standard InChI is InChI=1S/C11H19NO2/c1-5-9-12-11(6-2,7-3)10(13)14-8-4/h1,12H,6-9H2,2-4H3. The first kappa shape index (κ1) is 13.0. The largest absolute Gasteiger partial charge is 0.465 e. The number of carbonyl (C=O) groups is 1. The van der Waals surface area contributed by atoms with Crippen LogP contribution in [-0.4, -0.2) is 24.7 Å². The molecule has 0 saturated heterocycles. The lowest BCUT2D eigenvalue weighted by atomic mass is 9.93. The topological polar surface area (TPSA) is 38.3 Å². The van der Waals surface area contributed by atoms with Crippen LogP contribution in [0.15, 0.2) is 0 Å². The molecule has 1 N–H and O–H groups in total. The fourth-order valence-corrected chi connectivity index (χ4v) is 1.35. The number of ether oxygens (including phenoxy) is 1. The van der Waals surface area contributed by atoms with Crippen molar-refractivity contribution >= 4 is 5.97 Å². The van der Waals surface area contributed by atoms with E-state index in [0.717, 1.165) is 0 Å². The Morgan fingerprint density at radius 2 is 2.00 bits per heavy atom. The Kier molecular flexibility index (Phi) is 5.98. The molecule has 0 radical (unpaired) electrons. The molecule has 3 nitrogen and oxygen atoms in total. The van der Waals surface area contributed by atoms with Crippen LogP contribution in [0.3, 0.4) is 0 Å². The smallest absolute Gasteiger partial charge is 0.326 e. The maximum atomic E-state index is 11.7. The second-order valence-electron chi connectivity index (χ2n) is 3.07. The van der Waals surface area contributed by atoms with E-state index in [1.54, 1.807) is 6.92 Å². The van der Waals surface area contributed by atoms with Gasteiger partial charge < -0.3 is 4.74 Å². The summed E-state index contributed by atoms with van der Waals surface area (Å²) in [5, 5.41) is 3.06. The SMILES string of the molecule is C#CCNC(CC)(CC)C(=O)OCC. The van der Waals surface area contributed by atoms with Crippen molar-refractivity contribution in [2.45, 2.75) is 39.2 Å². The molecule has 80 valence electrons. The van der Waals surface area contributed by atoms with Crippen LogP contribution in [0.5, 0.6) is 0 Å². The highest BCUT2D eigenvalue weighted by atomic mass is 16.5. The molecular formula is C11H19NO2. The molecule has 0 aliphatic carbocycles. The van der Waals surface area contributed by atoms with Gasteiger partial charge in [-0.3, -0.25) is 10.1 Å². The normalized spacial score (nSPS) is 10.7. The lowest BCUT2D eigenvalue weighted by Gasteiger charge is -2.29. The Bertz CT molecular complexity index is 214. The molecule has 0 unspecified atom stereocenters. The summed E-state index contributed by atoms with van der Waals surface area (Å²) < 4.78 is 5.02. The number of hydrogen-bond donors (Lipinski definition) is 1. The van der Waals surface area contributed by atoms with Gasteiger partial charge in [-0.15, -0.1) is 6.42 Å². The Morgan fingerprint density at radius 3 is 2.36 bits per heavy atom. The molecule has 0 aliphatic rings. The zero-order valence-corrected chi connectivity index (χ0v) is 9.22. The molecular weight excluding hydrogens is 178 g/mol. The van der Waals surface area contributed by atoms with Crippen molar-refractivity contribution in [3.63, 3.8) is 0 Å². The minimum absolute atomic E-state index is 0.208.